The van der Waals surface area contributed by atoms with Crippen LogP contribution in [0, 0.1) is 21.4 Å². The average molecular weight is 180 g/mol. The van der Waals surface area contributed by atoms with Crippen LogP contribution in [-0.2, 0) is 0 Å². The Morgan fingerprint density at radius 2 is 2.25 bits per heavy atom. The minimum absolute atomic E-state index is 0.0347. The molecule has 0 heterocycles. The molecular weight excluding hydrogens is 176 g/mol. The summed E-state index contributed by atoms with van der Waals surface area (Å²) in [6.45, 7) is 0. The zero-order valence-electron chi connectivity index (χ0n) is 5.89. The Kier molecular flexibility index (Phi) is 2.31. The third-order valence-electron chi connectivity index (χ3n) is 1.32. The molecule has 0 spiro atoms. The van der Waals surface area contributed by atoms with Crippen LogP contribution in [0.1, 0.15) is 5.56 Å². The molecule has 1 aromatic carbocycles. The molecule has 4 nitrogen and oxygen atoms in total. The molecule has 0 atom stereocenters. The van der Waals surface area contributed by atoms with Crippen molar-refractivity contribution in [3.8, 4) is 6.07 Å². The summed E-state index contributed by atoms with van der Waals surface area (Å²) in [6, 6.07) is 6.14. The van der Waals surface area contributed by atoms with E-state index in [4.69, 9.17) is 5.26 Å². The largest absolute Gasteiger partial charge is 0.300 e. The number of thiol groups is 1. The van der Waals surface area contributed by atoms with Gasteiger partial charge in [0.15, 0.2) is 0 Å². The number of hydrogen-bond donors (Lipinski definition) is 1. The molecule has 0 saturated carbocycles. The van der Waals surface area contributed by atoms with Crippen molar-refractivity contribution in [3.63, 3.8) is 0 Å². The molecule has 0 aliphatic carbocycles. The summed E-state index contributed by atoms with van der Waals surface area (Å²) in [5.41, 5.74) is -0.198. The Morgan fingerprint density at radius 1 is 1.58 bits per heavy atom. The van der Waals surface area contributed by atoms with Gasteiger partial charge in [-0.1, -0.05) is 6.07 Å². The molecule has 60 valence electrons. The first-order valence-electron chi connectivity index (χ1n) is 3.03. The fourth-order valence-corrected chi connectivity index (χ4v) is 1.10. The maximum Gasteiger partial charge on any atom is 0.300 e. The molecule has 0 fully saturated rings. The Balaban J connectivity index is 3.42. The van der Waals surface area contributed by atoms with Crippen LogP contribution >= 0.6 is 12.6 Å². The van der Waals surface area contributed by atoms with E-state index in [0.717, 1.165) is 0 Å². The topological polar surface area (TPSA) is 66.9 Å². The van der Waals surface area contributed by atoms with Gasteiger partial charge >= 0.3 is 0 Å². The van der Waals surface area contributed by atoms with Gasteiger partial charge in [0.05, 0.1) is 9.82 Å². The minimum Gasteiger partial charge on any atom is -0.258 e. The van der Waals surface area contributed by atoms with Gasteiger partial charge < -0.3 is 0 Å². The lowest BCUT2D eigenvalue weighted by atomic mass is 10.2. The Morgan fingerprint density at radius 3 is 2.67 bits per heavy atom. The number of nitro groups is 1. The predicted octanol–water partition coefficient (Wildman–Crippen LogP) is 1.76. The molecule has 0 radical (unpaired) electrons. The molecule has 0 aliphatic rings. The van der Waals surface area contributed by atoms with E-state index >= 15 is 0 Å². The fraction of sp³-hybridized carbons (Fsp3) is 0. The first kappa shape index (κ1) is 8.56. The van der Waals surface area contributed by atoms with E-state index in [9.17, 15) is 10.1 Å². The second kappa shape index (κ2) is 3.24. The van der Waals surface area contributed by atoms with Crippen molar-refractivity contribution in [3.05, 3.63) is 33.9 Å². The molecule has 0 aromatic heterocycles. The van der Waals surface area contributed by atoms with E-state index in [0.29, 0.717) is 0 Å². The van der Waals surface area contributed by atoms with Crippen molar-refractivity contribution in [1.29, 1.82) is 5.26 Å². The van der Waals surface area contributed by atoms with Gasteiger partial charge in [0.25, 0.3) is 5.69 Å². The predicted molar refractivity (Wildman–Crippen MR) is 45.1 cm³/mol. The average Bonchev–Trinajstić information content (AvgIpc) is 2.03. The Hall–Kier alpha value is -1.54. The number of nitriles is 1. The van der Waals surface area contributed by atoms with Crippen LogP contribution < -0.4 is 0 Å². The fourth-order valence-electron chi connectivity index (χ4n) is 0.813. The summed E-state index contributed by atoms with van der Waals surface area (Å²) in [4.78, 5) is 10.0. The van der Waals surface area contributed by atoms with Gasteiger partial charge in [-0.05, 0) is 12.1 Å². The molecule has 5 heteroatoms. The summed E-state index contributed by atoms with van der Waals surface area (Å²) < 4.78 is 0. The quantitative estimate of drug-likeness (QED) is 0.406. The van der Waals surface area contributed by atoms with Gasteiger partial charge in [0, 0.05) is 0 Å². The van der Waals surface area contributed by atoms with E-state index < -0.39 is 4.92 Å². The second-order valence-electron chi connectivity index (χ2n) is 2.04. The lowest BCUT2D eigenvalue weighted by Gasteiger charge is -1.95. The zero-order chi connectivity index (χ0) is 9.14. The molecule has 0 N–H and O–H groups in total. The first-order valence-corrected chi connectivity index (χ1v) is 3.48. The van der Waals surface area contributed by atoms with E-state index in [2.05, 4.69) is 12.6 Å². The van der Waals surface area contributed by atoms with Crippen LogP contribution in [-0.4, -0.2) is 4.92 Å². The summed E-state index contributed by atoms with van der Waals surface area (Å²) in [5, 5.41) is 18.9. The van der Waals surface area contributed by atoms with Crippen LogP contribution in [0.3, 0.4) is 0 Å². The highest BCUT2D eigenvalue weighted by Crippen LogP contribution is 2.25. The monoisotopic (exact) mass is 180 g/mol. The van der Waals surface area contributed by atoms with Crippen LogP contribution in [0.5, 0.6) is 0 Å². The second-order valence-corrected chi connectivity index (χ2v) is 2.52. The molecule has 0 saturated heterocycles. The number of hydrogen-bond acceptors (Lipinski definition) is 4. The molecule has 0 amide bonds. The number of rotatable bonds is 1. The van der Waals surface area contributed by atoms with Crippen molar-refractivity contribution in [2.75, 3.05) is 0 Å². The van der Waals surface area contributed by atoms with Crippen molar-refractivity contribution >= 4 is 18.3 Å². The minimum atomic E-state index is -0.610. The summed E-state index contributed by atoms with van der Waals surface area (Å²) in [6.07, 6.45) is 0. The maximum absolute atomic E-state index is 10.4. The Labute approximate surface area is 74.0 Å². The van der Waals surface area contributed by atoms with Gasteiger partial charge in [0.1, 0.15) is 11.6 Å². The number of nitrogens with zero attached hydrogens (tertiary/aromatic N) is 2. The van der Waals surface area contributed by atoms with Crippen LogP contribution in [0.2, 0.25) is 0 Å². The van der Waals surface area contributed by atoms with Crippen molar-refractivity contribution in [1.82, 2.24) is 0 Å². The number of nitro benzene ring substituents is 1. The van der Waals surface area contributed by atoms with E-state index in [1.54, 1.807) is 12.1 Å². The highest BCUT2D eigenvalue weighted by molar-refractivity contribution is 7.80. The van der Waals surface area contributed by atoms with E-state index in [-0.39, 0.29) is 16.1 Å². The highest BCUT2D eigenvalue weighted by atomic mass is 32.1. The normalized spacial score (nSPS) is 9.00. The summed E-state index contributed by atoms with van der Waals surface area (Å²) in [5.74, 6) is 0. The summed E-state index contributed by atoms with van der Waals surface area (Å²) in [7, 11) is 0. The molecule has 0 bridgehead atoms. The van der Waals surface area contributed by atoms with Gasteiger partial charge in [-0.3, -0.25) is 10.1 Å². The summed E-state index contributed by atoms with van der Waals surface area (Å²) >= 11 is 3.87. The van der Waals surface area contributed by atoms with Crippen LogP contribution in [0.15, 0.2) is 23.1 Å². The SMILES string of the molecule is N#Cc1cccc(S)c1[N+](=O)[O-]. The Bertz CT molecular complexity index is 370. The van der Waals surface area contributed by atoms with Gasteiger partial charge in [-0.2, -0.15) is 5.26 Å². The smallest absolute Gasteiger partial charge is 0.258 e. The zero-order valence-corrected chi connectivity index (χ0v) is 6.78. The number of benzene rings is 1. The van der Waals surface area contributed by atoms with Gasteiger partial charge in [-0.15, -0.1) is 12.6 Å². The van der Waals surface area contributed by atoms with Crippen molar-refractivity contribution in [2.24, 2.45) is 0 Å². The maximum atomic E-state index is 10.4. The first-order chi connectivity index (χ1) is 5.66. The molecule has 1 aromatic rings. The highest BCUT2D eigenvalue weighted by Gasteiger charge is 2.16. The van der Waals surface area contributed by atoms with Crippen LogP contribution in [0.25, 0.3) is 0 Å². The molecule has 1 rings (SSSR count). The van der Waals surface area contributed by atoms with Gasteiger partial charge in [0.2, 0.25) is 0 Å². The van der Waals surface area contributed by atoms with Gasteiger partial charge in [-0.25, -0.2) is 0 Å². The van der Waals surface area contributed by atoms with Crippen LogP contribution in [0.4, 0.5) is 5.69 Å². The molecule has 0 unspecified atom stereocenters. The lowest BCUT2D eigenvalue weighted by Crippen LogP contribution is -1.93. The number of para-hydroxylation sites is 1. The van der Waals surface area contributed by atoms with Crippen molar-refractivity contribution in [2.45, 2.75) is 4.90 Å². The standard InChI is InChI=1S/C7H4N2O2S/c8-4-5-2-1-3-6(12)7(5)9(10)11/h1-3,12H. The molecular formula is C7H4N2O2S. The lowest BCUT2D eigenvalue weighted by molar-refractivity contribution is -0.388. The molecule has 12 heavy (non-hydrogen) atoms. The third-order valence-corrected chi connectivity index (χ3v) is 1.68. The van der Waals surface area contributed by atoms with E-state index in [1.807, 2.05) is 0 Å². The van der Waals surface area contributed by atoms with Crippen molar-refractivity contribution < 1.29 is 4.92 Å². The third kappa shape index (κ3) is 1.38. The molecule has 0 aliphatic heterocycles. The van der Waals surface area contributed by atoms with E-state index in [1.165, 1.54) is 12.1 Å².